The quantitative estimate of drug-likeness (QED) is 0.773. The summed E-state index contributed by atoms with van der Waals surface area (Å²) in [5.74, 6) is -0.741. The molecule has 0 spiro atoms. The molecule has 0 unspecified atom stereocenters. The number of fused-ring (bicyclic) bond motifs is 1. The highest BCUT2D eigenvalue weighted by Gasteiger charge is 2.27. The zero-order chi connectivity index (χ0) is 18.8. The van der Waals surface area contributed by atoms with E-state index in [0.717, 1.165) is 41.4 Å². The van der Waals surface area contributed by atoms with E-state index in [1.807, 2.05) is 53.4 Å². The second kappa shape index (κ2) is 7.23. The summed E-state index contributed by atoms with van der Waals surface area (Å²) in [6.07, 6.45) is 3.55. The molecule has 1 aromatic heterocycles. The molecule has 138 valence electrons. The van der Waals surface area contributed by atoms with Gasteiger partial charge in [-0.2, -0.15) is 5.10 Å². The summed E-state index contributed by atoms with van der Waals surface area (Å²) < 4.78 is 1.43. The average Bonchev–Trinajstić information content (AvgIpc) is 3.15. The van der Waals surface area contributed by atoms with E-state index in [4.69, 9.17) is 5.11 Å². The third kappa shape index (κ3) is 3.56. The summed E-state index contributed by atoms with van der Waals surface area (Å²) in [6.45, 7) is 1.19. The lowest BCUT2D eigenvalue weighted by Crippen LogP contribution is -2.39. The Morgan fingerprint density at radius 3 is 2.78 bits per heavy atom. The van der Waals surface area contributed by atoms with Gasteiger partial charge in [-0.05, 0) is 35.7 Å². The van der Waals surface area contributed by atoms with Gasteiger partial charge in [0.2, 0.25) is 0 Å². The normalized spacial score (nSPS) is 17.2. The predicted octanol–water partition coefficient (Wildman–Crippen LogP) is 3.14. The molecule has 1 aliphatic heterocycles. The van der Waals surface area contributed by atoms with Crippen LogP contribution in [-0.4, -0.2) is 44.8 Å². The smallest absolute Gasteiger partial charge is 0.325 e. The second-order valence-electron chi connectivity index (χ2n) is 6.95. The zero-order valence-corrected chi connectivity index (χ0v) is 14.9. The number of hydrogen-bond acceptors (Lipinski definition) is 3. The number of benzene rings is 2. The third-order valence-electron chi connectivity index (χ3n) is 5.11. The average molecular weight is 363 g/mol. The zero-order valence-electron chi connectivity index (χ0n) is 14.9. The van der Waals surface area contributed by atoms with E-state index in [-0.39, 0.29) is 18.4 Å². The SMILES string of the molecule is O=C(O)Cn1ccc([C@@H]2CCCN(C(=O)c3cccc4ccccc34)C2)n1. The highest BCUT2D eigenvalue weighted by atomic mass is 16.4. The molecule has 2 aromatic carbocycles. The molecule has 1 aliphatic rings. The summed E-state index contributed by atoms with van der Waals surface area (Å²) in [4.78, 5) is 25.9. The van der Waals surface area contributed by atoms with Crippen LogP contribution in [0, 0.1) is 0 Å². The molecule has 6 heteroatoms. The molecule has 0 bridgehead atoms. The summed E-state index contributed by atoms with van der Waals surface area (Å²) in [6, 6.07) is 15.6. The molecule has 1 fully saturated rings. The molecule has 4 rings (SSSR count). The van der Waals surface area contributed by atoms with Crippen molar-refractivity contribution in [2.24, 2.45) is 0 Å². The Bertz CT molecular complexity index is 990. The number of carbonyl (C=O) groups excluding carboxylic acids is 1. The monoisotopic (exact) mass is 363 g/mol. The number of aliphatic carboxylic acids is 1. The Morgan fingerprint density at radius 1 is 1.11 bits per heavy atom. The fourth-order valence-electron chi connectivity index (χ4n) is 3.81. The fraction of sp³-hybridized carbons (Fsp3) is 0.286. The topological polar surface area (TPSA) is 75.4 Å². The van der Waals surface area contributed by atoms with Crippen LogP contribution in [0.3, 0.4) is 0 Å². The van der Waals surface area contributed by atoms with Crippen molar-refractivity contribution in [2.75, 3.05) is 13.1 Å². The number of hydrogen-bond donors (Lipinski definition) is 1. The van der Waals surface area contributed by atoms with Crippen LogP contribution in [0.15, 0.2) is 54.7 Å². The Hall–Kier alpha value is -3.15. The summed E-state index contributed by atoms with van der Waals surface area (Å²) >= 11 is 0. The lowest BCUT2D eigenvalue weighted by Gasteiger charge is -2.32. The number of nitrogens with zero attached hydrogens (tertiary/aromatic N) is 3. The predicted molar refractivity (Wildman–Crippen MR) is 102 cm³/mol. The van der Waals surface area contributed by atoms with Gasteiger partial charge in [0.1, 0.15) is 6.54 Å². The number of piperidine rings is 1. The first kappa shape index (κ1) is 17.3. The Balaban J connectivity index is 1.55. The van der Waals surface area contributed by atoms with E-state index in [9.17, 15) is 9.59 Å². The first-order valence-corrected chi connectivity index (χ1v) is 9.14. The number of carboxylic acid groups (broad SMARTS) is 1. The number of rotatable bonds is 4. The Kier molecular flexibility index (Phi) is 4.62. The van der Waals surface area contributed by atoms with Crippen molar-refractivity contribution in [2.45, 2.75) is 25.3 Å². The Morgan fingerprint density at radius 2 is 1.93 bits per heavy atom. The van der Waals surface area contributed by atoms with Crippen molar-refractivity contribution >= 4 is 22.6 Å². The largest absolute Gasteiger partial charge is 0.480 e. The maximum atomic E-state index is 13.2. The molecule has 27 heavy (non-hydrogen) atoms. The summed E-state index contributed by atoms with van der Waals surface area (Å²) in [5.41, 5.74) is 1.58. The molecule has 1 atom stereocenters. The molecule has 1 saturated heterocycles. The van der Waals surface area contributed by atoms with Crippen LogP contribution in [0.4, 0.5) is 0 Å². The minimum Gasteiger partial charge on any atom is -0.480 e. The van der Waals surface area contributed by atoms with E-state index in [1.165, 1.54) is 4.68 Å². The first-order chi connectivity index (χ1) is 13.1. The van der Waals surface area contributed by atoms with Gasteiger partial charge in [0.15, 0.2) is 0 Å². The summed E-state index contributed by atoms with van der Waals surface area (Å²) in [7, 11) is 0. The number of carboxylic acids is 1. The van der Waals surface area contributed by atoms with Gasteiger partial charge in [-0.1, -0.05) is 36.4 Å². The molecule has 0 aliphatic carbocycles. The van der Waals surface area contributed by atoms with Crippen molar-refractivity contribution in [1.29, 1.82) is 0 Å². The van der Waals surface area contributed by atoms with Crippen LogP contribution in [0.1, 0.15) is 34.8 Å². The van der Waals surface area contributed by atoms with Crippen LogP contribution >= 0.6 is 0 Å². The number of aromatic nitrogens is 2. The molecule has 1 N–H and O–H groups in total. The number of carbonyl (C=O) groups is 2. The molecular formula is C21H21N3O3. The van der Waals surface area contributed by atoms with E-state index in [2.05, 4.69) is 5.10 Å². The standard InChI is InChI=1S/C21H21N3O3/c25-20(26)14-24-12-10-19(22-24)16-7-4-11-23(13-16)21(27)18-9-3-6-15-5-1-2-8-17(15)18/h1-3,5-6,8-10,12,16H,4,7,11,13-14H2,(H,25,26)/t16-/m1/s1. The maximum absolute atomic E-state index is 13.2. The van der Waals surface area contributed by atoms with Gasteiger partial charge in [-0.3, -0.25) is 14.3 Å². The van der Waals surface area contributed by atoms with Gasteiger partial charge in [-0.25, -0.2) is 0 Å². The third-order valence-corrected chi connectivity index (χ3v) is 5.11. The Labute approximate surface area is 157 Å². The molecule has 1 amide bonds. The lowest BCUT2D eigenvalue weighted by molar-refractivity contribution is -0.137. The van der Waals surface area contributed by atoms with Gasteiger partial charge < -0.3 is 10.0 Å². The van der Waals surface area contributed by atoms with E-state index < -0.39 is 5.97 Å². The highest BCUT2D eigenvalue weighted by molar-refractivity contribution is 6.07. The van der Waals surface area contributed by atoms with Gasteiger partial charge in [0.05, 0.1) is 5.69 Å². The van der Waals surface area contributed by atoms with E-state index >= 15 is 0 Å². The van der Waals surface area contributed by atoms with Crippen LogP contribution < -0.4 is 0 Å². The van der Waals surface area contributed by atoms with Crippen molar-refractivity contribution in [3.63, 3.8) is 0 Å². The van der Waals surface area contributed by atoms with E-state index in [1.54, 1.807) is 6.20 Å². The minimum absolute atomic E-state index is 0.0430. The number of amides is 1. The van der Waals surface area contributed by atoms with Crippen molar-refractivity contribution in [1.82, 2.24) is 14.7 Å². The lowest BCUT2D eigenvalue weighted by atomic mass is 9.94. The van der Waals surface area contributed by atoms with Gasteiger partial charge in [-0.15, -0.1) is 0 Å². The van der Waals surface area contributed by atoms with Crippen LogP contribution in [0.5, 0.6) is 0 Å². The second-order valence-corrected chi connectivity index (χ2v) is 6.95. The molecular weight excluding hydrogens is 342 g/mol. The van der Waals surface area contributed by atoms with Crippen LogP contribution in [-0.2, 0) is 11.3 Å². The molecule has 0 saturated carbocycles. The van der Waals surface area contributed by atoms with Gasteiger partial charge in [0, 0.05) is 30.8 Å². The van der Waals surface area contributed by atoms with Crippen molar-refractivity contribution in [3.8, 4) is 0 Å². The van der Waals surface area contributed by atoms with Crippen LogP contribution in [0.25, 0.3) is 10.8 Å². The van der Waals surface area contributed by atoms with Gasteiger partial charge in [0.25, 0.3) is 5.91 Å². The van der Waals surface area contributed by atoms with Crippen molar-refractivity contribution < 1.29 is 14.7 Å². The minimum atomic E-state index is -0.916. The highest BCUT2D eigenvalue weighted by Crippen LogP contribution is 2.28. The van der Waals surface area contributed by atoms with E-state index in [0.29, 0.717) is 6.54 Å². The van der Waals surface area contributed by atoms with Crippen molar-refractivity contribution in [3.05, 3.63) is 66.0 Å². The summed E-state index contributed by atoms with van der Waals surface area (Å²) in [5, 5.41) is 15.3. The fourth-order valence-corrected chi connectivity index (χ4v) is 3.81. The molecule has 2 heterocycles. The number of likely N-dealkylation sites (tertiary alicyclic amines) is 1. The molecule has 6 nitrogen and oxygen atoms in total. The van der Waals surface area contributed by atoms with Gasteiger partial charge >= 0.3 is 5.97 Å². The first-order valence-electron chi connectivity index (χ1n) is 9.14. The maximum Gasteiger partial charge on any atom is 0.325 e. The van der Waals surface area contributed by atoms with Crippen LogP contribution in [0.2, 0.25) is 0 Å². The molecule has 0 radical (unpaired) electrons. The molecule has 3 aromatic rings.